The normalized spacial score (nSPS) is 10.3. The molecule has 2 aromatic heterocycles. The van der Waals surface area contributed by atoms with E-state index in [0.717, 1.165) is 12.3 Å². The van der Waals surface area contributed by atoms with Gasteiger partial charge < -0.3 is 10.4 Å². The van der Waals surface area contributed by atoms with Crippen LogP contribution in [0.25, 0.3) is 0 Å². The monoisotopic (exact) mass is 292 g/mol. The number of carboxylic acid groups (broad SMARTS) is 1. The Bertz CT molecular complexity index is 642. The second kappa shape index (κ2) is 6.41. The Morgan fingerprint density at radius 3 is 2.95 bits per heavy atom. The van der Waals surface area contributed by atoms with Gasteiger partial charge in [-0.2, -0.15) is 0 Å². The first-order valence-corrected chi connectivity index (χ1v) is 6.03. The van der Waals surface area contributed by atoms with E-state index in [0.29, 0.717) is 19.5 Å². The maximum Gasteiger partial charge on any atom is 0.339 e. The molecule has 0 spiro atoms. The fraction of sp³-hybridized carbons (Fsp3) is 0.273. The zero-order chi connectivity index (χ0) is 15.2. The molecule has 0 amide bonds. The maximum atomic E-state index is 11.1. The fourth-order valence-corrected chi connectivity index (χ4v) is 1.66. The second-order valence-electron chi connectivity index (χ2n) is 4.10. The smallest absolute Gasteiger partial charge is 0.339 e. The summed E-state index contributed by atoms with van der Waals surface area (Å²) in [5.74, 6) is -1.17. The van der Waals surface area contributed by atoms with Crippen molar-refractivity contribution in [2.75, 3.05) is 11.9 Å². The standard InChI is InChI=1S/C11H12N6O4/c18-11(19)9-6-8(17(20)21)7-13-10(9)12-2-1-4-16-5-3-14-15-16/h3,5-7H,1-2,4H2,(H,12,13)(H,18,19). The van der Waals surface area contributed by atoms with Crippen molar-refractivity contribution >= 4 is 17.5 Å². The van der Waals surface area contributed by atoms with Crippen molar-refractivity contribution in [2.24, 2.45) is 0 Å². The van der Waals surface area contributed by atoms with Gasteiger partial charge in [0, 0.05) is 25.4 Å². The van der Waals surface area contributed by atoms with Crippen LogP contribution < -0.4 is 5.32 Å². The lowest BCUT2D eigenvalue weighted by Crippen LogP contribution is -2.12. The average Bonchev–Trinajstić information content (AvgIpc) is 2.96. The molecule has 0 atom stereocenters. The molecular formula is C11H12N6O4. The Kier molecular flexibility index (Phi) is 4.39. The van der Waals surface area contributed by atoms with Crippen LogP contribution >= 0.6 is 0 Å². The lowest BCUT2D eigenvalue weighted by Gasteiger charge is -2.08. The number of anilines is 1. The van der Waals surface area contributed by atoms with E-state index >= 15 is 0 Å². The highest BCUT2D eigenvalue weighted by Gasteiger charge is 2.17. The first-order chi connectivity index (χ1) is 10.1. The van der Waals surface area contributed by atoms with Gasteiger partial charge >= 0.3 is 5.97 Å². The van der Waals surface area contributed by atoms with E-state index in [1.165, 1.54) is 0 Å². The molecule has 0 aromatic carbocycles. The number of nitro groups is 1. The molecule has 0 saturated heterocycles. The molecule has 0 radical (unpaired) electrons. The van der Waals surface area contributed by atoms with Crippen LogP contribution in [0, 0.1) is 10.1 Å². The third kappa shape index (κ3) is 3.72. The Morgan fingerprint density at radius 1 is 1.52 bits per heavy atom. The van der Waals surface area contributed by atoms with E-state index in [-0.39, 0.29) is 17.1 Å². The van der Waals surface area contributed by atoms with Crippen LogP contribution in [-0.4, -0.2) is 42.5 Å². The molecule has 0 aliphatic carbocycles. The predicted octanol–water partition coefficient (Wildman–Crippen LogP) is 0.782. The summed E-state index contributed by atoms with van der Waals surface area (Å²) in [6, 6.07) is 0.981. The number of nitrogens with zero attached hydrogens (tertiary/aromatic N) is 5. The summed E-state index contributed by atoms with van der Waals surface area (Å²) < 4.78 is 1.64. The molecule has 0 saturated carbocycles. The first kappa shape index (κ1) is 14.4. The van der Waals surface area contributed by atoms with Crippen LogP contribution in [0.4, 0.5) is 11.5 Å². The van der Waals surface area contributed by atoms with Gasteiger partial charge in [0.1, 0.15) is 17.6 Å². The molecule has 2 N–H and O–H groups in total. The minimum atomic E-state index is -1.27. The van der Waals surface area contributed by atoms with Gasteiger partial charge in [-0.3, -0.25) is 14.8 Å². The Hall–Kier alpha value is -3.04. The van der Waals surface area contributed by atoms with Gasteiger partial charge in [-0.15, -0.1) is 5.10 Å². The molecule has 10 nitrogen and oxygen atoms in total. The highest BCUT2D eigenvalue weighted by atomic mass is 16.6. The number of aromatic carboxylic acids is 1. The molecule has 2 aromatic rings. The van der Waals surface area contributed by atoms with Gasteiger partial charge in [-0.1, -0.05) is 5.21 Å². The first-order valence-electron chi connectivity index (χ1n) is 6.03. The van der Waals surface area contributed by atoms with E-state index in [2.05, 4.69) is 20.6 Å². The number of aryl methyl sites for hydroxylation is 1. The third-order valence-corrected chi connectivity index (χ3v) is 2.64. The number of carbonyl (C=O) groups is 1. The molecule has 0 aliphatic heterocycles. The fourth-order valence-electron chi connectivity index (χ4n) is 1.66. The number of hydrogen-bond donors (Lipinski definition) is 2. The van der Waals surface area contributed by atoms with Crippen molar-refractivity contribution < 1.29 is 14.8 Å². The zero-order valence-electron chi connectivity index (χ0n) is 10.8. The van der Waals surface area contributed by atoms with Gasteiger partial charge in [0.2, 0.25) is 0 Å². The topological polar surface area (TPSA) is 136 Å². The van der Waals surface area contributed by atoms with Gasteiger partial charge in [-0.25, -0.2) is 9.78 Å². The van der Waals surface area contributed by atoms with E-state index in [1.807, 2.05) is 0 Å². The molecule has 0 fully saturated rings. The van der Waals surface area contributed by atoms with Crippen LogP contribution in [0.2, 0.25) is 0 Å². The molecule has 0 aliphatic rings. The summed E-state index contributed by atoms with van der Waals surface area (Å²) in [5, 5.41) is 30.0. The van der Waals surface area contributed by atoms with Crippen molar-refractivity contribution in [1.82, 2.24) is 20.0 Å². The molecule has 10 heteroatoms. The van der Waals surface area contributed by atoms with Crippen LogP contribution in [0.15, 0.2) is 24.7 Å². The average molecular weight is 292 g/mol. The van der Waals surface area contributed by atoms with Gasteiger partial charge in [0.05, 0.1) is 11.1 Å². The van der Waals surface area contributed by atoms with E-state index in [1.54, 1.807) is 17.1 Å². The summed E-state index contributed by atoms with van der Waals surface area (Å²) in [4.78, 5) is 24.8. The maximum absolute atomic E-state index is 11.1. The lowest BCUT2D eigenvalue weighted by atomic mass is 10.2. The number of aromatic nitrogens is 4. The Labute approximate surface area is 118 Å². The summed E-state index contributed by atoms with van der Waals surface area (Å²) in [6.45, 7) is 1.06. The summed E-state index contributed by atoms with van der Waals surface area (Å²) >= 11 is 0. The number of nitrogens with one attached hydrogen (secondary N) is 1. The van der Waals surface area contributed by atoms with E-state index in [4.69, 9.17) is 5.11 Å². The van der Waals surface area contributed by atoms with Crippen molar-refractivity contribution in [3.63, 3.8) is 0 Å². The molecule has 110 valence electrons. The molecule has 2 rings (SSSR count). The SMILES string of the molecule is O=C(O)c1cc([N+](=O)[O-])cnc1NCCCn1ccnn1. The van der Waals surface area contributed by atoms with Crippen LogP contribution in [-0.2, 0) is 6.54 Å². The van der Waals surface area contributed by atoms with Crippen LogP contribution in [0.1, 0.15) is 16.8 Å². The zero-order valence-corrected chi connectivity index (χ0v) is 10.8. The van der Waals surface area contributed by atoms with Crippen molar-refractivity contribution in [2.45, 2.75) is 13.0 Å². The molecule has 21 heavy (non-hydrogen) atoms. The summed E-state index contributed by atoms with van der Waals surface area (Å²) in [7, 11) is 0. The highest BCUT2D eigenvalue weighted by molar-refractivity contribution is 5.93. The van der Waals surface area contributed by atoms with Gasteiger partial charge in [-0.05, 0) is 6.42 Å². The van der Waals surface area contributed by atoms with E-state index < -0.39 is 10.9 Å². The Balaban J connectivity index is 1.98. The molecule has 0 unspecified atom stereocenters. The molecule has 0 bridgehead atoms. The van der Waals surface area contributed by atoms with Gasteiger partial charge in [0.15, 0.2) is 0 Å². The van der Waals surface area contributed by atoms with Crippen LogP contribution in [0.5, 0.6) is 0 Å². The number of rotatable bonds is 7. The number of hydrogen-bond acceptors (Lipinski definition) is 7. The van der Waals surface area contributed by atoms with E-state index in [9.17, 15) is 14.9 Å². The largest absolute Gasteiger partial charge is 0.478 e. The van der Waals surface area contributed by atoms with Crippen molar-refractivity contribution in [1.29, 1.82) is 0 Å². The minimum Gasteiger partial charge on any atom is -0.478 e. The lowest BCUT2D eigenvalue weighted by molar-refractivity contribution is -0.385. The second-order valence-corrected chi connectivity index (χ2v) is 4.10. The number of pyridine rings is 1. The highest BCUT2D eigenvalue weighted by Crippen LogP contribution is 2.19. The quantitative estimate of drug-likeness (QED) is 0.434. The Morgan fingerprint density at radius 2 is 2.33 bits per heavy atom. The summed E-state index contributed by atoms with van der Waals surface area (Å²) in [6.07, 6.45) is 4.97. The number of carboxylic acids is 1. The summed E-state index contributed by atoms with van der Waals surface area (Å²) in [5.41, 5.74) is -0.592. The van der Waals surface area contributed by atoms with Crippen LogP contribution in [0.3, 0.4) is 0 Å². The van der Waals surface area contributed by atoms with Crippen molar-refractivity contribution in [3.8, 4) is 0 Å². The minimum absolute atomic E-state index is 0.103. The third-order valence-electron chi connectivity index (χ3n) is 2.64. The van der Waals surface area contributed by atoms with Gasteiger partial charge in [0.25, 0.3) is 5.69 Å². The molecular weight excluding hydrogens is 280 g/mol. The molecule has 2 heterocycles. The predicted molar refractivity (Wildman–Crippen MR) is 71.0 cm³/mol. The van der Waals surface area contributed by atoms with Crippen molar-refractivity contribution in [3.05, 3.63) is 40.3 Å².